The highest BCUT2D eigenvalue weighted by Crippen LogP contribution is 2.07. The molecule has 1 rings (SSSR count). The average molecular weight is 268 g/mol. The van der Waals surface area contributed by atoms with Crippen molar-refractivity contribution in [2.24, 2.45) is 5.10 Å². The molecule has 0 aliphatic rings. The number of hydrogen-bond acceptors (Lipinski definition) is 3. The molecule has 0 aliphatic heterocycles. The zero-order valence-electron chi connectivity index (χ0n) is 10.1. The van der Waals surface area contributed by atoms with Gasteiger partial charge >= 0.3 is 11.8 Å². The molecule has 0 heterocycles. The Morgan fingerprint density at radius 3 is 2.39 bits per heavy atom. The molecule has 0 aromatic heterocycles. The second-order valence-corrected chi connectivity index (χ2v) is 4.32. The number of nitrogens with one attached hydrogen (secondary N) is 2. The predicted molar refractivity (Wildman–Crippen MR) is 70.5 cm³/mol. The molecule has 0 fully saturated rings. The fraction of sp³-hybridized carbons (Fsp3) is 0.250. The van der Waals surface area contributed by atoms with E-state index in [0.29, 0.717) is 5.02 Å². The van der Waals surface area contributed by atoms with Gasteiger partial charge in [0.1, 0.15) is 0 Å². The van der Waals surface area contributed by atoms with Crippen molar-refractivity contribution in [2.75, 3.05) is 0 Å². The Labute approximate surface area is 110 Å². The lowest BCUT2D eigenvalue weighted by Gasteiger charge is -2.05. The molecule has 0 saturated carbocycles. The molecular formula is C12H14ClN3O2. The van der Waals surface area contributed by atoms with Gasteiger partial charge in [0, 0.05) is 11.1 Å². The van der Waals surface area contributed by atoms with Crippen LogP contribution in [0.3, 0.4) is 0 Å². The summed E-state index contributed by atoms with van der Waals surface area (Å²) in [5.41, 5.74) is 2.90. The van der Waals surface area contributed by atoms with Gasteiger partial charge in [0.2, 0.25) is 0 Å². The lowest BCUT2D eigenvalue weighted by Crippen LogP contribution is -2.41. The minimum atomic E-state index is -0.797. The van der Waals surface area contributed by atoms with Crippen molar-refractivity contribution in [3.8, 4) is 0 Å². The molecule has 2 N–H and O–H groups in total. The van der Waals surface area contributed by atoms with Gasteiger partial charge in [0.25, 0.3) is 0 Å². The van der Waals surface area contributed by atoms with E-state index in [9.17, 15) is 9.59 Å². The van der Waals surface area contributed by atoms with Crippen molar-refractivity contribution in [2.45, 2.75) is 19.9 Å². The molecule has 0 unspecified atom stereocenters. The molecular weight excluding hydrogens is 254 g/mol. The van der Waals surface area contributed by atoms with Gasteiger partial charge in [0.05, 0.1) is 6.21 Å². The lowest BCUT2D eigenvalue weighted by molar-refractivity contribution is -0.139. The summed E-state index contributed by atoms with van der Waals surface area (Å²) in [7, 11) is 0. The van der Waals surface area contributed by atoms with E-state index in [1.807, 2.05) is 0 Å². The molecule has 0 spiro atoms. The van der Waals surface area contributed by atoms with Gasteiger partial charge in [-0.05, 0) is 31.5 Å². The van der Waals surface area contributed by atoms with Gasteiger partial charge in [0.15, 0.2) is 0 Å². The minimum Gasteiger partial charge on any atom is -0.346 e. The highest BCUT2D eigenvalue weighted by atomic mass is 35.5. The molecule has 96 valence electrons. The number of hydrogen-bond donors (Lipinski definition) is 2. The first-order chi connectivity index (χ1) is 8.49. The van der Waals surface area contributed by atoms with E-state index in [4.69, 9.17) is 11.6 Å². The van der Waals surface area contributed by atoms with Crippen LogP contribution in [0.4, 0.5) is 0 Å². The monoisotopic (exact) mass is 267 g/mol. The van der Waals surface area contributed by atoms with E-state index in [-0.39, 0.29) is 6.04 Å². The molecule has 0 saturated heterocycles. The maximum absolute atomic E-state index is 11.3. The molecule has 5 nitrogen and oxygen atoms in total. The van der Waals surface area contributed by atoms with E-state index >= 15 is 0 Å². The normalized spacial score (nSPS) is 10.7. The van der Waals surface area contributed by atoms with Gasteiger partial charge < -0.3 is 5.32 Å². The first-order valence-corrected chi connectivity index (χ1v) is 5.76. The second kappa shape index (κ2) is 6.76. The van der Waals surface area contributed by atoms with Crippen LogP contribution in [-0.2, 0) is 9.59 Å². The summed E-state index contributed by atoms with van der Waals surface area (Å²) < 4.78 is 0. The van der Waals surface area contributed by atoms with Crippen molar-refractivity contribution in [3.05, 3.63) is 34.9 Å². The fourth-order valence-corrected chi connectivity index (χ4v) is 1.22. The van der Waals surface area contributed by atoms with Gasteiger partial charge in [-0.1, -0.05) is 23.7 Å². The van der Waals surface area contributed by atoms with Gasteiger partial charge in [-0.2, -0.15) is 5.10 Å². The van der Waals surface area contributed by atoms with E-state index in [0.717, 1.165) is 5.56 Å². The Hall–Kier alpha value is -1.88. The summed E-state index contributed by atoms with van der Waals surface area (Å²) in [5, 5.41) is 6.75. The number of carbonyl (C=O) groups excluding carboxylic acids is 2. The van der Waals surface area contributed by atoms with Crippen LogP contribution in [0.15, 0.2) is 29.4 Å². The van der Waals surface area contributed by atoms with Crippen LogP contribution >= 0.6 is 11.6 Å². The first kappa shape index (κ1) is 14.2. The van der Waals surface area contributed by atoms with Crippen LogP contribution in [0, 0.1) is 0 Å². The molecule has 0 bridgehead atoms. The summed E-state index contributed by atoms with van der Waals surface area (Å²) in [5.74, 6) is -1.51. The topological polar surface area (TPSA) is 70.6 Å². The number of rotatable bonds is 3. The Morgan fingerprint density at radius 1 is 1.22 bits per heavy atom. The van der Waals surface area contributed by atoms with Crippen molar-refractivity contribution < 1.29 is 9.59 Å². The van der Waals surface area contributed by atoms with Gasteiger partial charge in [-0.25, -0.2) is 5.43 Å². The van der Waals surface area contributed by atoms with Crippen molar-refractivity contribution in [1.29, 1.82) is 0 Å². The zero-order chi connectivity index (χ0) is 13.5. The predicted octanol–water partition coefficient (Wildman–Crippen LogP) is 1.31. The Morgan fingerprint density at radius 2 is 1.83 bits per heavy atom. The third kappa shape index (κ3) is 4.97. The molecule has 0 atom stereocenters. The summed E-state index contributed by atoms with van der Waals surface area (Å²) in [6, 6.07) is 6.80. The maximum Gasteiger partial charge on any atom is 0.329 e. The van der Waals surface area contributed by atoms with E-state index in [1.165, 1.54) is 6.21 Å². The zero-order valence-corrected chi connectivity index (χ0v) is 10.9. The van der Waals surface area contributed by atoms with E-state index < -0.39 is 11.8 Å². The number of hydrazone groups is 1. The Kier molecular flexibility index (Phi) is 5.32. The third-order valence-corrected chi connectivity index (χ3v) is 2.13. The summed E-state index contributed by atoms with van der Waals surface area (Å²) in [6.07, 6.45) is 1.43. The van der Waals surface area contributed by atoms with Crippen LogP contribution in [0.1, 0.15) is 19.4 Å². The first-order valence-electron chi connectivity index (χ1n) is 5.38. The molecule has 6 heteroatoms. The number of benzene rings is 1. The second-order valence-electron chi connectivity index (χ2n) is 3.88. The summed E-state index contributed by atoms with van der Waals surface area (Å²) in [6.45, 7) is 3.53. The Balaban J connectivity index is 2.47. The molecule has 1 aromatic carbocycles. The largest absolute Gasteiger partial charge is 0.346 e. The number of carbonyl (C=O) groups is 2. The lowest BCUT2D eigenvalue weighted by atomic mass is 10.2. The van der Waals surface area contributed by atoms with E-state index in [1.54, 1.807) is 38.1 Å². The van der Waals surface area contributed by atoms with Crippen molar-refractivity contribution >= 4 is 29.6 Å². The Bertz CT molecular complexity index is 455. The molecule has 0 aliphatic carbocycles. The smallest absolute Gasteiger partial charge is 0.329 e. The molecule has 18 heavy (non-hydrogen) atoms. The van der Waals surface area contributed by atoms with Crippen LogP contribution in [-0.4, -0.2) is 24.1 Å². The summed E-state index contributed by atoms with van der Waals surface area (Å²) in [4.78, 5) is 22.5. The standard InChI is InChI=1S/C12H14ClN3O2/c1-8(2)15-11(17)12(18)16-14-7-9-3-5-10(13)6-4-9/h3-8H,1-2H3,(H,15,17)(H,16,18)/b14-7+. The van der Waals surface area contributed by atoms with Crippen LogP contribution in [0.2, 0.25) is 5.02 Å². The van der Waals surface area contributed by atoms with Crippen LogP contribution < -0.4 is 10.7 Å². The maximum atomic E-state index is 11.3. The minimum absolute atomic E-state index is 0.0940. The number of amides is 2. The SMILES string of the molecule is CC(C)NC(=O)C(=O)N/N=C/c1ccc(Cl)cc1. The van der Waals surface area contributed by atoms with Gasteiger partial charge in [-0.15, -0.1) is 0 Å². The quantitative estimate of drug-likeness (QED) is 0.493. The average Bonchev–Trinajstić information content (AvgIpc) is 2.30. The number of halogens is 1. The van der Waals surface area contributed by atoms with Crippen LogP contribution in [0.5, 0.6) is 0 Å². The highest BCUT2D eigenvalue weighted by molar-refractivity contribution is 6.35. The van der Waals surface area contributed by atoms with Crippen LogP contribution in [0.25, 0.3) is 0 Å². The van der Waals surface area contributed by atoms with Crippen molar-refractivity contribution in [3.63, 3.8) is 0 Å². The third-order valence-electron chi connectivity index (χ3n) is 1.88. The van der Waals surface area contributed by atoms with Gasteiger partial charge in [-0.3, -0.25) is 9.59 Å². The molecule has 1 aromatic rings. The molecule has 2 amide bonds. The van der Waals surface area contributed by atoms with E-state index in [2.05, 4.69) is 15.8 Å². The molecule has 0 radical (unpaired) electrons. The number of nitrogens with zero attached hydrogens (tertiary/aromatic N) is 1. The summed E-state index contributed by atoms with van der Waals surface area (Å²) >= 11 is 5.72. The van der Waals surface area contributed by atoms with Crippen molar-refractivity contribution in [1.82, 2.24) is 10.7 Å². The fourth-order valence-electron chi connectivity index (χ4n) is 1.09. The highest BCUT2D eigenvalue weighted by Gasteiger charge is 2.12.